The topological polar surface area (TPSA) is 104 Å². The van der Waals surface area contributed by atoms with E-state index < -0.39 is 23.4 Å². The second-order valence-corrected chi connectivity index (χ2v) is 7.12. The van der Waals surface area contributed by atoms with Crippen LogP contribution in [0.1, 0.15) is 43.1 Å². The smallest absolute Gasteiger partial charge is 0.267 e. The van der Waals surface area contributed by atoms with Gasteiger partial charge in [-0.15, -0.1) is 0 Å². The zero-order chi connectivity index (χ0) is 19.3. The molecule has 0 bridgehead atoms. The highest BCUT2D eigenvalue weighted by atomic mass is 16.5. The van der Waals surface area contributed by atoms with Crippen molar-refractivity contribution in [1.29, 1.82) is 0 Å². The van der Waals surface area contributed by atoms with Gasteiger partial charge in [0.2, 0.25) is 0 Å². The van der Waals surface area contributed by atoms with Crippen molar-refractivity contribution in [3.63, 3.8) is 0 Å². The number of hydrogen-bond acceptors (Lipinski definition) is 4. The summed E-state index contributed by atoms with van der Waals surface area (Å²) >= 11 is 0. The first kappa shape index (κ1) is 19.5. The van der Waals surface area contributed by atoms with E-state index in [1.807, 2.05) is 0 Å². The Balaban J connectivity index is 2.02. The zero-order valence-corrected chi connectivity index (χ0v) is 15.1. The van der Waals surface area contributed by atoms with Crippen molar-refractivity contribution in [2.24, 2.45) is 17.6 Å². The minimum Gasteiger partial charge on any atom is -0.338 e. The largest absolute Gasteiger partial charge is 0.338 e. The van der Waals surface area contributed by atoms with Crippen LogP contribution in [0.3, 0.4) is 0 Å². The first-order valence-corrected chi connectivity index (χ1v) is 8.37. The molecule has 0 saturated heterocycles. The first-order valence-electron chi connectivity index (χ1n) is 8.37. The van der Waals surface area contributed by atoms with Gasteiger partial charge in [0, 0.05) is 22.6 Å². The fraction of sp³-hybridized carbons (Fsp3) is 0.400. The number of amides is 2. The average molecular weight is 353 g/mol. The molecule has 1 aromatic carbocycles. The molecule has 26 heavy (non-hydrogen) atoms. The van der Waals surface area contributed by atoms with E-state index in [9.17, 15) is 9.59 Å². The summed E-state index contributed by atoms with van der Waals surface area (Å²) in [5, 5.41) is 11.3. The van der Waals surface area contributed by atoms with Crippen LogP contribution in [0.15, 0.2) is 24.3 Å². The Morgan fingerprint density at radius 2 is 1.88 bits per heavy atom. The Labute approximate surface area is 153 Å². The van der Waals surface area contributed by atoms with Crippen LogP contribution in [-0.2, 0) is 4.79 Å². The summed E-state index contributed by atoms with van der Waals surface area (Å²) in [5.41, 5.74) is 7.45. The summed E-state index contributed by atoms with van der Waals surface area (Å²) in [6.45, 7) is 5.32. The third-order valence-electron chi connectivity index (χ3n) is 4.18. The molecule has 0 aromatic heterocycles. The van der Waals surface area contributed by atoms with Crippen molar-refractivity contribution in [2.45, 2.75) is 38.8 Å². The van der Waals surface area contributed by atoms with Crippen LogP contribution in [0, 0.1) is 35.5 Å². The summed E-state index contributed by atoms with van der Waals surface area (Å²) in [6, 6.07) is 5.54. The predicted molar refractivity (Wildman–Crippen MR) is 97.8 cm³/mol. The average Bonchev–Trinajstić information content (AvgIpc) is 3.30. The van der Waals surface area contributed by atoms with Crippen molar-refractivity contribution >= 4 is 11.8 Å². The molecule has 0 heterocycles. The molecule has 1 fully saturated rings. The maximum Gasteiger partial charge on any atom is 0.267 e. The molecule has 136 valence electrons. The molecule has 1 aliphatic carbocycles. The zero-order valence-electron chi connectivity index (χ0n) is 15.1. The number of carbonyl (C=O) groups is 2. The third-order valence-corrected chi connectivity index (χ3v) is 4.18. The fourth-order valence-electron chi connectivity index (χ4n) is 2.33. The van der Waals surface area contributed by atoms with Crippen molar-refractivity contribution in [2.75, 3.05) is 0 Å². The number of rotatable bonds is 4. The maximum atomic E-state index is 12.3. The molecule has 5 N–H and O–H groups in total. The van der Waals surface area contributed by atoms with Crippen molar-refractivity contribution in [1.82, 2.24) is 10.8 Å². The molecule has 0 unspecified atom stereocenters. The molecule has 0 aliphatic heterocycles. The summed E-state index contributed by atoms with van der Waals surface area (Å²) in [4.78, 5) is 24.0. The Hall–Kier alpha value is -2.80. The second kappa shape index (κ2) is 8.05. The molecule has 2 rings (SSSR count). The molecule has 1 aromatic rings. The summed E-state index contributed by atoms with van der Waals surface area (Å²) < 4.78 is 0. The molecule has 0 radical (unpaired) electrons. The number of benzene rings is 1. The van der Waals surface area contributed by atoms with Gasteiger partial charge in [0.1, 0.15) is 6.04 Å². The Bertz CT molecular complexity index is 801. The lowest BCUT2D eigenvalue weighted by Gasteiger charge is -2.29. The lowest BCUT2D eigenvalue weighted by atomic mass is 9.95. The van der Waals surface area contributed by atoms with Crippen LogP contribution in [-0.4, -0.2) is 28.6 Å². The van der Waals surface area contributed by atoms with E-state index >= 15 is 0 Å². The van der Waals surface area contributed by atoms with E-state index in [1.54, 1.807) is 38.1 Å². The molecular formula is C20H23N3O3. The van der Waals surface area contributed by atoms with Gasteiger partial charge in [-0.05, 0) is 62.3 Å². The third kappa shape index (κ3) is 5.35. The van der Waals surface area contributed by atoms with Gasteiger partial charge in [-0.25, -0.2) is 5.48 Å². The molecule has 1 aliphatic rings. The fourth-order valence-corrected chi connectivity index (χ4v) is 2.33. The number of nitrogens with two attached hydrogens (primary N) is 1. The van der Waals surface area contributed by atoms with Crippen LogP contribution >= 0.6 is 0 Å². The first-order chi connectivity index (χ1) is 12.2. The van der Waals surface area contributed by atoms with Gasteiger partial charge in [-0.3, -0.25) is 14.8 Å². The molecule has 6 heteroatoms. The van der Waals surface area contributed by atoms with Crippen LogP contribution in [0.25, 0.3) is 0 Å². The SMILES string of the molecule is C[C@@H]1C[C@H]1C#CC#Cc1ccc(C(=O)N[C@H](C(=O)NO)C(C)(C)N)cc1. The van der Waals surface area contributed by atoms with E-state index in [1.165, 1.54) is 5.48 Å². The monoisotopic (exact) mass is 353 g/mol. The van der Waals surface area contributed by atoms with Gasteiger partial charge >= 0.3 is 0 Å². The Morgan fingerprint density at radius 3 is 2.38 bits per heavy atom. The van der Waals surface area contributed by atoms with Crippen molar-refractivity contribution in [3.8, 4) is 23.7 Å². The van der Waals surface area contributed by atoms with Crippen LogP contribution in [0.5, 0.6) is 0 Å². The summed E-state index contributed by atoms with van der Waals surface area (Å²) in [6.07, 6.45) is 1.15. The van der Waals surface area contributed by atoms with E-state index in [0.29, 0.717) is 17.4 Å². The van der Waals surface area contributed by atoms with Crippen molar-refractivity contribution < 1.29 is 14.8 Å². The quantitative estimate of drug-likeness (QED) is 0.369. The predicted octanol–water partition coefficient (Wildman–Crippen LogP) is 1.04. The van der Waals surface area contributed by atoms with Crippen LogP contribution < -0.4 is 16.5 Å². The second-order valence-electron chi connectivity index (χ2n) is 7.12. The van der Waals surface area contributed by atoms with Gasteiger partial charge in [0.05, 0.1) is 0 Å². The number of carbonyl (C=O) groups excluding carboxylic acids is 2. The summed E-state index contributed by atoms with van der Waals surface area (Å²) in [5.74, 6) is 11.6. The minimum absolute atomic E-state index is 0.355. The highest BCUT2D eigenvalue weighted by molar-refractivity contribution is 5.97. The molecule has 1 saturated carbocycles. The maximum absolute atomic E-state index is 12.3. The summed E-state index contributed by atoms with van der Waals surface area (Å²) in [7, 11) is 0. The molecular weight excluding hydrogens is 330 g/mol. The van der Waals surface area contributed by atoms with Gasteiger partial charge in [0.15, 0.2) is 0 Å². The standard InChI is InChI=1S/C20H23N3O3/c1-13-12-16(13)7-5-4-6-14-8-10-15(11-9-14)18(24)22-17(19(25)23-26)20(2,3)21/h8-11,13,16-17,26H,12,21H2,1-3H3,(H,22,24)(H,23,25)/t13-,16-,17-/m1/s1. The number of hydroxylamine groups is 1. The molecule has 3 atom stereocenters. The molecule has 2 amide bonds. The van der Waals surface area contributed by atoms with Gasteiger partial charge in [0.25, 0.3) is 11.8 Å². The Morgan fingerprint density at radius 1 is 1.27 bits per heavy atom. The highest BCUT2D eigenvalue weighted by Gasteiger charge is 2.33. The van der Waals surface area contributed by atoms with Gasteiger partial charge in [-0.1, -0.05) is 18.8 Å². The minimum atomic E-state index is -1.08. The van der Waals surface area contributed by atoms with E-state index in [2.05, 4.69) is 35.9 Å². The normalized spacial score (nSPS) is 19.1. The van der Waals surface area contributed by atoms with Gasteiger partial charge in [-0.2, -0.15) is 0 Å². The van der Waals surface area contributed by atoms with E-state index in [0.717, 1.165) is 12.0 Å². The Kier molecular flexibility index (Phi) is 6.05. The van der Waals surface area contributed by atoms with E-state index in [-0.39, 0.29) is 0 Å². The highest BCUT2D eigenvalue weighted by Crippen LogP contribution is 2.36. The number of hydrogen-bond donors (Lipinski definition) is 4. The van der Waals surface area contributed by atoms with Gasteiger partial charge < -0.3 is 11.1 Å². The van der Waals surface area contributed by atoms with Crippen LogP contribution in [0.4, 0.5) is 0 Å². The number of nitrogens with one attached hydrogen (secondary N) is 2. The van der Waals surface area contributed by atoms with E-state index in [4.69, 9.17) is 10.9 Å². The molecule has 6 nitrogen and oxygen atoms in total. The molecule has 0 spiro atoms. The van der Waals surface area contributed by atoms with Crippen molar-refractivity contribution in [3.05, 3.63) is 35.4 Å². The van der Waals surface area contributed by atoms with Crippen LogP contribution in [0.2, 0.25) is 0 Å². The lowest BCUT2D eigenvalue weighted by molar-refractivity contribution is -0.132. The lowest BCUT2D eigenvalue weighted by Crippen LogP contribution is -2.61.